The van der Waals surface area contributed by atoms with Crippen LogP contribution in [0, 0.1) is 6.92 Å². The Morgan fingerprint density at radius 2 is 2.10 bits per heavy atom. The molecular formula is C14H12ClN5S. The van der Waals surface area contributed by atoms with E-state index in [-0.39, 0.29) is 5.28 Å². The maximum atomic E-state index is 5.96. The van der Waals surface area contributed by atoms with Gasteiger partial charge in [-0.15, -0.1) is 0 Å². The van der Waals surface area contributed by atoms with Crippen LogP contribution in [0.2, 0.25) is 5.28 Å². The van der Waals surface area contributed by atoms with Crippen LogP contribution in [0.15, 0.2) is 47.9 Å². The van der Waals surface area contributed by atoms with Gasteiger partial charge in [0.15, 0.2) is 5.16 Å². The molecule has 0 aliphatic heterocycles. The Morgan fingerprint density at radius 3 is 2.86 bits per heavy atom. The molecule has 0 atom stereocenters. The van der Waals surface area contributed by atoms with E-state index in [1.54, 1.807) is 23.1 Å². The summed E-state index contributed by atoms with van der Waals surface area (Å²) >= 11 is 7.48. The van der Waals surface area contributed by atoms with E-state index in [9.17, 15) is 0 Å². The van der Waals surface area contributed by atoms with Gasteiger partial charge in [-0.25, -0.2) is 4.68 Å². The molecular weight excluding hydrogens is 306 g/mol. The van der Waals surface area contributed by atoms with Crippen LogP contribution in [0.5, 0.6) is 0 Å². The van der Waals surface area contributed by atoms with Crippen molar-refractivity contribution in [2.45, 2.75) is 17.8 Å². The van der Waals surface area contributed by atoms with Gasteiger partial charge < -0.3 is 0 Å². The largest absolute Gasteiger partial charge is 0.255 e. The fraction of sp³-hybridized carbons (Fsp3) is 0.143. The quantitative estimate of drug-likeness (QED) is 0.691. The number of hydrogen-bond donors (Lipinski definition) is 0. The highest BCUT2D eigenvalue weighted by molar-refractivity contribution is 7.98. The molecule has 1 aromatic carbocycles. The molecule has 0 N–H and O–H groups in total. The molecule has 0 bridgehead atoms. The van der Waals surface area contributed by atoms with E-state index in [0.717, 1.165) is 5.75 Å². The molecule has 0 unspecified atom stereocenters. The second kappa shape index (κ2) is 6.24. The molecule has 0 spiro atoms. The molecule has 2 aromatic heterocycles. The number of thioether (sulfide) groups is 1. The predicted octanol–water partition coefficient (Wildman–Crippen LogP) is 3.31. The van der Waals surface area contributed by atoms with E-state index >= 15 is 0 Å². The lowest BCUT2D eigenvalue weighted by atomic mass is 10.2. The van der Waals surface area contributed by atoms with E-state index in [0.29, 0.717) is 11.1 Å². The number of rotatable bonds is 4. The minimum atomic E-state index is 0.169. The summed E-state index contributed by atoms with van der Waals surface area (Å²) in [6, 6.07) is 10.1. The first-order valence-corrected chi connectivity index (χ1v) is 7.67. The number of benzene rings is 1. The second-order valence-corrected chi connectivity index (χ2v) is 5.70. The summed E-state index contributed by atoms with van der Waals surface area (Å²) in [6.45, 7) is 2.07. The molecule has 0 amide bonds. The zero-order chi connectivity index (χ0) is 14.7. The highest BCUT2D eigenvalue weighted by Crippen LogP contribution is 2.21. The molecule has 3 aromatic rings. The van der Waals surface area contributed by atoms with Gasteiger partial charge in [0.25, 0.3) is 5.95 Å². The third-order valence-corrected chi connectivity index (χ3v) is 3.82. The number of aryl methyl sites for hydroxylation is 1. The van der Waals surface area contributed by atoms with Gasteiger partial charge in [-0.3, -0.25) is 0 Å². The second-order valence-electron chi connectivity index (χ2n) is 4.42. The van der Waals surface area contributed by atoms with Gasteiger partial charge >= 0.3 is 0 Å². The van der Waals surface area contributed by atoms with Crippen molar-refractivity contribution in [1.29, 1.82) is 0 Å². The normalized spacial score (nSPS) is 10.8. The van der Waals surface area contributed by atoms with E-state index in [2.05, 4.69) is 45.2 Å². The van der Waals surface area contributed by atoms with Gasteiger partial charge in [0.1, 0.15) is 0 Å². The van der Waals surface area contributed by atoms with Gasteiger partial charge in [0.05, 0.1) is 0 Å². The minimum Gasteiger partial charge on any atom is -0.206 e. The summed E-state index contributed by atoms with van der Waals surface area (Å²) in [4.78, 5) is 12.6. The van der Waals surface area contributed by atoms with Crippen LogP contribution in [0.4, 0.5) is 0 Å². The molecule has 106 valence electrons. The molecule has 0 saturated carbocycles. The predicted molar refractivity (Wildman–Crippen MR) is 82.7 cm³/mol. The molecule has 0 radical (unpaired) electrons. The summed E-state index contributed by atoms with van der Waals surface area (Å²) in [5.74, 6) is 1.20. The molecule has 7 heteroatoms. The van der Waals surface area contributed by atoms with Crippen LogP contribution in [-0.2, 0) is 5.75 Å². The topological polar surface area (TPSA) is 56.5 Å². The molecule has 3 rings (SSSR count). The number of halogens is 1. The maximum absolute atomic E-state index is 5.96. The van der Waals surface area contributed by atoms with Gasteiger partial charge in [-0.2, -0.15) is 20.1 Å². The highest BCUT2D eigenvalue weighted by Gasteiger charge is 2.08. The van der Waals surface area contributed by atoms with E-state index in [1.165, 1.54) is 22.9 Å². The number of aromatic nitrogens is 5. The van der Waals surface area contributed by atoms with Crippen LogP contribution in [0.3, 0.4) is 0 Å². The van der Waals surface area contributed by atoms with Crippen molar-refractivity contribution in [1.82, 2.24) is 24.7 Å². The Morgan fingerprint density at radius 1 is 1.19 bits per heavy atom. The van der Waals surface area contributed by atoms with Crippen LogP contribution >= 0.6 is 23.4 Å². The first-order valence-electron chi connectivity index (χ1n) is 6.31. The SMILES string of the molecule is Cc1cccc(CSc2nc(Cl)nc(-n3cccn3)n2)c1. The monoisotopic (exact) mass is 317 g/mol. The number of nitrogens with zero attached hydrogens (tertiary/aromatic N) is 5. The third kappa shape index (κ3) is 3.59. The standard InChI is InChI=1S/C14H12ClN5S/c1-10-4-2-5-11(8-10)9-21-14-18-12(15)17-13(19-14)20-7-3-6-16-20/h2-8H,9H2,1H3. The zero-order valence-corrected chi connectivity index (χ0v) is 12.8. The average molecular weight is 318 g/mol. The number of hydrogen-bond acceptors (Lipinski definition) is 5. The van der Waals surface area contributed by atoms with Crippen LogP contribution in [-0.4, -0.2) is 24.7 Å². The Labute approximate surface area is 131 Å². The molecule has 0 aliphatic rings. The van der Waals surface area contributed by atoms with Crippen LogP contribution < -0.4 is 0 Å². The van der Waals surface area contributed by atoms with E-state index < -0.39 is 0 Å². The van der Waals surface area contributed by atoms with Crippen molar-refractivity contribution in [3.63, 3.8) is 0 Å². The molecule has 21 heavy (non-hydrogen) atoms. The molecule has 0 aliphatic carbocycles. The summed E-state index contributed by atoms with van der Waals surface area (Å²) in [5, 5.41) is 4.85. The van der Waals surface area contributed by atoms with Gasteiger partial charge in [0.2, 0.25) is 5.28 Å². The van der Waals surface area contributed by atoms with Crippen molar-refractivity contribution < 1.29 is 0 Å². The highest BCUT2D eigenvalue weighted by atomic mass is 35.5. The lowest BCUT2D eigenvalue weighted by molar-refractivity contribution is 0.758. The van der Waals surface area contributed by atoms with Gasteiger partial charge in [-0.1, -0.05) is 41.6 Å². The lowest BCUT2D eigenvalue weighted by Crippen LogP contribution is -2.04. The molecule has 0 fully saturated rings. The van der Waals surface area contributed by atoms with Crippen LogP contribution in [0.1, 0.15) is 11.1 Å². The summed E-state index contributed by atoms with van der Waals surface area (Å²) < 4.78 is 1.56. The Hall–Kier alpha value is -1.92. The van der Waals surface area contributed by atoms with Gasteiger partial charge in [0, 0.05) is 18.1 Å². The zero-order valence-electron chi connectivity index (χ0n) is 11.3. The maximum Gasteiger partial charge on any atom is 0.255 e. The van der Waals surface area contributed by atoms with Crippen molar-refractivity contribution in [3.05, 3.63) is 59.1 Å². The van der Waals surface area contributed by atoms with Crippen molar-refractivity contribution >= 4 is 23.4 Å². The molecule has 5 nitrogen and oxygen atoms in total. The first kappa shape index (κ1) is 14.0. The smallest absolute Gasteiger partial charge is 0.206 e. The van der Waals surface area contributed by atoms with Crippen LogP contribution in [0.25, 0.3) is 5.95 Å². The van der Waals surface area contributed by atoms with E-state index in [1.807, 2.05) is 6.07 Å². The molecule has 2 heterocycles. The van der Waals surface area contributed by atoms with Crippen molar-refractivity contribution in [2.24, 2.45) is 0 Å². The summed E-state index contributed by atoms with van der Waals surface area (Å²) in [6.07, 6.45) is 3.43. The van der Waals surface area contributed by atoms with Crippen molar-refractivity contribution in [2.75, 3.05) is 0 Å². The minimum absolute atomic E-state index is 0.169. The van der Waals surface area contributed by atoms with Crippen molar-refractivity contribution in [3.8, 4) is 5.95 Å². The Kier molecular flexibility index (Phi) is 4.17. The fourth-order valence-electron chi connectivity index (χ4n) is 1.83. The average Bonchev–Trinajstić information content (AvgIpc) is 2.99. The fourth-order valence-corrected chi connectivity index (χ4v) is 2.80. The lowest BCUT2D eigenvalue weighted by Gasteiger charge is -2.04. The Balaban J connectivity index is 1.79. The summed E-state index contributed by atoms with van der Waals surface area (Å²) in [5.41, 5.74) is 2.45. The third-order valence-electron chi connectivity index (χ3n) is 2.74. The van der Waals surface area contributed by atoms with Gasteiger partial charge in [-0.05, 0) is 30.2 Å². The summed E-state index contributed by atoms with van der Waals surface area (Å²) in [7, 11) is 0. The van der Waals surface area contributed by atoms with E-state index in [4.69, 9.17) is 11.6 Å². The Bertz CT molecular complexity index is 745. The molecule has 0 saturated heterocycles. The first-order chi connectivity index (χ1) is 10.2.